The van der Waals surface area contributed by atoms with E-state index >= 15 is 0 Å². The number of aromatic nitrogens is 1. The van der Waals surface area contributed by atoms with Crippen LogP contribution in [0, 0.1) is 12.7 Å². The van der Waals surface area contributed by atoms with Gasteiger partial charge in [0.2, 0.25) is 0 Å². The van der Waals surface area contributed by atoms with Gasteiger partial charge in [0.05, 0.1) is 6.54 Å². The van der Waals surface area contributed by atoms with Crippen LogP contribution in [0.25, 0.3) is 10.9 Å². The number of nitrogens with zero attached hydrogens (tertiary/aromatic N) is 1. The fourth-order valence-corrected chi connectivity index (χ4v) is 2.34. The normalized spacial score (nSPS) is 10.9. The number of halogens is 1. The monoisotopic (exact) mass is 267 g/mol. The van der Waals surface area contributed by atoms with Gasteiger partial charge in [0, 0.05) is 17.3 Å². The lowest BCUT2D eigenvalue weighted by atomic mass is 10.1. The van der Waals surface area contributed by atoms with Crippen LogP contribution in [0.3, 0.4) is 0 Å². The molecule has 0 amide bonds. The number of Topliss-reactive ketones (excluding diaryl/α,β-unsaturated/α-hetero) is 1. The van der Waals surface area contributed by atoms with Crippen LogP contribution >= 0.6 is 0 Å². The highest BCUT2D eigenvalue weighted by atomic mass is 19.1. The van der Waals surface area contributed by atoms with E-state index < -0.39 is 0 Å². The Morgan fingerprint density at radius 2 is 2.00 bits per heavy atom. The van der Waals surface area contributed by atoms with Gasteiger partial charge in [0.1, 0.15) is 5.82 Å². The molecule has 0 spiro atoms. The molecule has 0 radical (unpaired) electrons. The highest BCUT2D eigenvalue weighted by molar-refractivity contribution is 5.96. The molecule has 20 heavy (non-hydrogen) atoms. The third-order valence-corrected chi connectivity index (χ3v) is 3.39. The van der Waals surface area contributed by atoms with Crippen molar-refractivity contribution >= 4 is 16.7 Å². The van der Waals surface area contributed by atoms with Crippen molar-refractivity contribution in [3.8, 4) is 0 Å². The molecule has 100 valence electrons. The number of hydrogen-bond acceptors (Lipinski definition) is 1. The van der Waals surface area contributed by atoms with Gasteiger partial charge in [-0.25, -0.2) is 4.39 Å². The molecule has 3 aromatic rings. The zero-order valence-electron chi connectivity index (χ0n) is 11.1. The van der Waals surface area contributed by atoms with Crippen molar-refractivity contribution in [2.45, 2.75) is 13.5 Å². The van der Waals surface area contributed by atoms with Gasteiger partial charge in [-0.15, -0.1) is 0 Å². The van der Waals surface area contributed by atoms with Crippen LogP contribution in [0.2, 0.25) is 0 Å². The molecule has 0 aliphatic rings. The second-order valence-electron chi connectivity index (χ2n) is 4.94. The van der Waals surface area contributed by atoms with Gasteiger partial charge in [-0.05, 0) is 42.1 Å². The van der Waals surface area contributed by atoms with E-state index in [1.165, 1.54) is 12.1 Å². The van der Waals surface area contributed by atoms with Crippen LogP contribution in [-0.4, -0.2) is 10.4 Å². The standard InChI is InChI=1S/C17H14FNO/c1-12-5-6-13-7-8-19(16(13)9-12)11-17(20)14-3-2-4-15(18)10-14/h2-10H,11H2,1H3. The number of carbonyl (C=O) groups excluding carboxylic acids is 1. The summed E-state index contributed by atoms with van der Waals surface area (Å²) in [6.07, 6.45) is 1.89. The SMILES string of the molecule is Cc1ccc2ccn(CC(=O)c3cccc(F)c3)c2c1. The molecule has 0 aliphatic heterocycles. The molecule has 0 bridgehead atoms. The molecule has 1 heterocycles. The van der Waals surface area contributed by atoms with Crippen LogP contribution < -0.4 is 0 Å². The third-order valence-electron chi connectivity index (χ3n) is 3.39. The number of carbonyl (C=O) groups is 1. The molecular formula is C17H14FNO. The lowest BCUT2D eigenvalue weighted by Gasteiger charge is -2.06. The second-order valence-corrected chi connectivity index (χ2v) is 4.94. The first-order valence-electron chi connectivity index (χ1n) is 6.48. The second kappa shape index (κ2) is 4.93. The first-order valence-corrected chi connectivity index (χ1v) is 6.48. The Morgan fingerprint density at radius 3 is 2.80 bits per heavy atom. The average Bonchev–Trinajstić information content (AvgIpc) is 2.81. The highest BCUT2D eigenvalue weighted by Crippen LogP contribution is 2.18. The average molecular weight is 267 g/mol. The highest BCUT2D eigenvalue weighted by Gasteiger charge is 2.09. The third kappa shape index (κ3) is 2.35. The van der Waals surface area contributed by atoms with E-state index in [2.05, 4.69) is 0 Å². The topological polar surface area (TPSA) is 22.0 Å². The smallest absolute Gasteiger partial charge is 0.182 e. The van der Waals surface area contributed by atoms with E-state index in [-0.39, 0.29) is 18.1 Å². The Kier molecular flexibility index (Phi) is 3.11. The van der Waals surface area contributed by atoms with Gasteiger partial charge >= 0.3 is 0 Å². The summed E-state index contributed by atoms with van der Waals surface area (Å²) in [4.78, 5) is 12.2. The number of aryl methyl sites for hydroxylation is 1. The van der Waals surface area contributed by atoms with Crippen LogP contribution in [0.1, 0.15) is 15.9 Å². The lowest BCUT2D eigenvalue weighted by molar-refractivity contribution is 0.0973. The minimum atomic E-state index is -0.385. The molecule has 0 unspecified atom stereocenters. The van der Waals surface area contributed by atoms with Crippen LogP contribution in [0.5, 0.6) is 0 Å². The summed E-state index contributed by atoms with van der Waals surface area (Å²) in [6.45, 7) is 2.24. The summed E-state index contributed by atoms with van der Waals surface area (Å²) in [5.41, 5.74) is 2.57. The first-order chi connectivity index (χ1) is 9.63. The van der Waals surface area contributed by atoms with Crippen molar-refractivity contribution in [3.63, 3.8) is 0 Å². The van der Waals surface area contributed by atoms with Gasteiger partial charge in [-0.2, -0.15) is 0 Å². The summed E-state index contributed by atoms with van der Waals surface area (Å²) in [5, 5.41) is 1.10. The van der Waals surface area contributed by atoms with Crippen LogP contribution in [0.15, 0.2) is 54.7 Å². The molecular weight excluding hydrogens is 253 g/mol. The van der Waals surface area contributed by atoms with E-state index in [4.69, 9.17) is 0 Å². The Balaban J connectivity index is 1.93. The molecule has 0 saturated carbocycles. The molecule has 0 saturated heterocycles. The molecule has 0 N–H and O–H groups in total. The number of hydrogen-bond donors (Lipinski definition) is 0. The molecule has 3 heteroatoms. The maximum Gasteiger partial charge on any atom is 0.182 e. The Labute approximate surface area is 116 Å². The fraction of sp³-hybridized carbons (Fsp3) is 0.118. The van der Waals surface area contributed by atoms with Crippen molar-refractivity contribution in [1.29, 1.82) is 0 Å². The maximum atomic E-state index is 13.2. The maximum absolute atomic E-state index is 13.2. The molecule has 0 fully saturated rings. The molecule has 3 rings (SSSR count). The molecule has 2 nitrogen and oxygen atoms in total. The molecule has 2 aromatic carbocycles. The Morgan fingerprint density at radius 1 is 1.15 bits per heavy atom. The van der Waals surface area contributed by atoms with E-state index in [0.717, 1.165) is 16.5 Å². The molecule has 0 atom stereocenters. The van der Waals surface area contributed by atoms with E-state index in [1.807, 2.05) is 42.0 Å². The summed E-state index contributed by atoms with van der Waals surface area (Å²) < 4.78 is 15.1. The van der Waals surface area contributed by atoms with E-state index in [9.17, 15) is 9.18 Å². The molecule has 1 aromatic heterocycles. The quantitative estimate of drug-likeness (QED) is 0.658. The van der Waals surface area contributed by atoms with Gasteiger partial charge in [-0.3, -0.25) is 4.79 Å². The van der Waals surface area contributed by atoms with Gasteiger partial charge in [-0.1, -0.05) is 24.3 Å². The van der Waals surface area contributed by atoms with Gasteiger partial charge in [0.25, 0.3) is 0 Å². The van der Waals surface area contributed by atoms with Gasteiger partial charge < -0.3 is 4.57 Å². The van der Waals surface area contributed by atoms with Crippen molar-refractivity contribution in [3.05, 3.63) is 71.7 Å². The predicted octanol–water partition coefficient (Wildman–Crippen LogP) is 3.97. The van der Waals surface area contributed by atoms with Gasteiger partial charge in [0.15, 0.2) is 5.78 Å². The van der Waals surface area contributed by atoms with Crippen molar-refractivity contribution in [2.75, 3.05) is 0 Å². The van der Waals surface area contributed by atoms with E-state index in [1.54, 1.807) is 12.1 Å². The van der Waals surface area contributed by atoms with Crippen molar-refractivity contribution in [1.82, 2.24) is 4.57 Å². The molecule has 0 aliphatic carbocycles. The number of rotatable bonds is 3. The minimum absolute atomic E-state index is 0.0940. The lowest BCUT2D eigenvalue weighted by Crippen LogP contribution is -2.09. The number of benzene rings is 2. The largest absolute Gasteiger partial charge is 0.340 e. The summed E-state index contributed by atoms with van der Waals surface area (Å²) in [5.74, 6) is -0.479. The summed E-state index contributed by atoms with van der Waals surface area (Å²) in [6, 6.07) is 13.9. The van der Waals surface area contributed by atoms with Crippen molar-refractivity contribution < 1.29 is 9.18 Å². The summed E-state index contributed by atoms with van der Waals surface area (Å²) in [7, 11) is 0. The van der Waals surface area contributed by atoms with Crippen molar-refractivity contribution in [2.24, 2.45) is 0 Å². The zero-order chi connectivity index (χ0) is 14.1. The van der Waals surface area contributed by atoms with E-state index in [0.29, 0.717) is 5.56 Å². The van der Waals surface area contributed by atoms with Crippen LogP contribution in [0.4, 0.5) is 4.39 Å². The Hall–Kier alpha value is -2.42. The minimum Gasteiger partial charge on any atom is -0.340 e. The number of ketones is 1. The fourth-order valence-electron chi connectivity index (χ4n) is 2.34. The predicted molar refractivity (Wildman–Crippen MR) is 77.4 cm³/mol. The Bertz CT molecular complexity index is 789. The summed E-state index contributed by atoms with van der Waals surface area (Å²) >= 11 is 0. The van der Waals surface area contributed by atoms with Crippen LogP contribution in [-0.2, 0) is 6.54 Å². The first kappa shape index (κ1) is 12.6. The zero-order valence-corrected chi connectivity index (χ0v) is 11.1. The number of fused-ring (bicyclic) bond motifs is 1.